The molecule has 3 rings (SSSR count). The predicted molar refractivity (Wildman–Crippen MR) is 113 cm³/mol. The van der Waals surface area contributed by atoms with Gasteiger partial charge in [0.15, 0.2) is 0 Å². The van der Waals surface area contributed by atoms with E-state index in [0.29, 0.717) is 17.0 Å². The van der Waals surface area contributed by atoms with Crippen LogP contribution in [0.4, 0.5) is 30.7 Å². The third-order valence-electron chi connectivity index (χ3n) is 6.20. The van der Waals surface area contributed by atoms with Gasteiger partial charge >= 0.3 is 12.5 Å². The first-order valence-corrected chi connectivity index (χ1v) is 11.3. The molecule has 1 aliphatic rings. The van der Waals surface area contributed by atoms with Gasteiger partial charge < -0.3 is 9.47 Å². The highest BCUT2D eigenvalue weighted by Gasteiger charge is 2.40. The maximum absolute atomic E-state index is 14.6. The molecule has 0 atom stereocenters. The predicted octanol–water partition coefficient (Wildman–Crippen LogP) is 8.25. The zero-order valence-electron chi connectivity index (χ0n) is 18.7. The molecule has 0 unspecified atom stereocenters. The summed E-state index contributed by atoms with van der Waals surface area (Å²) in [6, 6.07) is 6.53. The first kappa shape index (κ1) is 26.3. The van der Waals surface area contributed by atoms with E-state index in [1.54, 1.807) is 0 Å². The van der Waals surface area contributed by atoms with Crippen molar-refractivity contribution in [2.24, 2.45) is 5.92 Å². The highest BCUT2D eigenvalue weighted by Crippen LogP contribution is 2.40. The summed E-state index contributed by atoms with van der Waals surface area (Å²) in [7, 11) is 0. The Morgan fingerprint density at radius 3 is 2.00 bits per heavy atom. The van der Waals surface area contributed by atoms with Crippen LogP contribution >= 0.6 is 0 Å². The zero-order valence-corrected chi connectivity index (χ0v) is 18.7. The van der Waals surface area contributed by atoms with Crippen molar-refractivity contribution >= 4 is 0 Å². The van der Waals surface area contributed by atoms with Gasteiger partial charge in [0.2, 0.25) is 0 Å². The van der Waals surface area contributed by atoms with Crippen molar-refractivity contribution in [1.29, 1.82) is 0 Å². The molecule has 0 N–H and O–H groups in total. The average molecular weight is 492 g/mol. The van der Waals surface area contributed by atoms with E-state index >= 15 is 0 Å². The fourth-order valence-corrected chi connectivity index (χ4v) is 4.53. The Labute approximate surface area is 194 Å². The maximum atomic E-state index is 14.6. The molecule has 0 bridgehead atoms. The molecule has 1 aliphatic carbocycles. The standard InChI is InChI=1S/C25H27F7O2/c1-2-3-16-4-8-18(9-5-16)19-14-21(26)23(22(27)15-19)24(28,29)33-13-12-17-6-10-20(11-7-17)34-25(30,31)32/h6-7,10-11,14-16,18H,2-5,8-9,12-13H2,1H3/t16-,18-. The summed E-state index contributed by atoms with van der Waals surface area (Å²) in [4.78, 5) is 0. The van der Waals surface area contributed by atoms with Crippen molar-refractivity contribution < 1.29 is 40.2 Å². The Morgan fingerprint density at radius 1 is 0.882 bits per heavy atom. The summed E-state index contributed by atoms with van der Waals surface area (Å²) >= 11 is 0. The van der Waals surface area contributed by atoms with Crippen LogP contribution in [0.15, 0.2) is 36.4 Å². The van der Waals surface area contributed by atoms with Gasteiger partial charge in [-0.1, -0.05) is 31.9 Å². The van der Waals surface area contributed by atoms with Crippen molar-refractivity contribution in [3.8, 4) is 5.75 Å². The van der Waals surface area contributed by atoms with Crippen LogP contribution in [0, 0.1) is 17.6 Å². The van der Waals surface area contributed by atoms with Crippen LogP contribution in [0.2, 0.25) is 0 Å². The maximum Gasteiger partial charge on any atom is 0.573 e. The molecular formula is C25H27F7O2. The minimum Gasteiger partial charge on any atom is -0.406 e. The first-order valence-electron chi connectivity index (χ1n) is 11.3. The second kappa shape index (κ2) is 11.0. The minimum absolute atomic E-state index is 0.0648. The molecule has 0 spiro atoms. The second-order valence-corrected chi connectivity index (χ2v) is 8.67. The Morgan fingerprint density at radius 2 is 1.47 bits per heavy atom. The quantitative estimate of drug-likeness (QED) is 0.328. The lowest BCUT2D eigenvalue weighted by molar-refractivity contribution is -0.274. The Balaban J connectivity index is 1.60. The van der Waals surface area contributed by atoms with Crippen molar-refractivity contribution in [1.82, 2.24) is 0 Å². The summed E-state index contributed by atoms with van der Waals surface area (Å²) in [6.07, 6.45) is -3.52. The van der Waals surface area contributed by atoms with Gasteiger partial charge in [0.05, 0.1) is 6.61 Å². The average Bonchev–Trinajstić information content (AvgIpc) is 2.74. The SMILES string of the molecule is CCC[C@H]1CC[C@H](c2cc(F)c(C(F)(F)OCCc3ccc(OC(F)(F)F)cc3)c(F)c2)CC1. The summed E-state index contributed by atoms with van der Waals surface area (Å²) in [6.45, 7) is 1.51. The van der Waals surface area contributed by atoms with Crippen LogP contribution in [-0.2, 0) is 17.3 Å². The molecule has 0 amide bonds. The van der Waals surface area contributed by atoms with Crippen molar-refractivity contribution in [2.75, 3.05) is 6.61 Å². The van der Waals surface area contributed by atoms with Crippen LogP contribution in [0.25, 0.3) is 0 Å². The molecule has 0 saturated heterocycles. The van der Waals surface area contributed by atoms with Crippen LogP contribution in [0.1, 0.15) is 68.1 Å². The van der Waals surface area contributed by atoms with Crippen LogP contribution < -0.4 is 4.74 Å². The molecule has 0 heterocycles. The third-order valence-corrected chi connectivity index (χ3v) is 6.20. The molecular weight excluding hydrogens is 465 g/mol. The third kappa shape index (κ3) is 7.10. The van der Waals surface area contributed by atoms with Gasteiger partial charge in [-0.15, -0.1) is 13.2 Å². The van der Waals surface area contributed by atoms with E-state index in [1.165, 1.54) is 12.1 Å². The van der Waals surface area contributed by atoms with Crippen LogP contribution in [0.3, 0.4) is 0 Å². The van der Waals surface area contributed by atoms with E-state index in [-0.39, 0.29) is 12.3 Å². The highest BCUT2D eigenvalue weighted by atomic mass is 19.4. The molecule has 34 heavy (non-hydrogen) atoms. The summed E-state index contributed by atoms with van der Waals surface area (Å²) in [5.74, 6) is -2.63. The summed E-state index contributed by atoms with van der Waals surface area (Å²) in [5.41, 5.74) is -0.671. The number of hydrogen-bond acceptors (Lipinski definition) is 2. The summed E-state index contributed by atoms with van der Waals surface area (Å²) < 4.78 is 103. The van der Waals surface area contributed by atoms with Gasteiger partial charge in [-0.05, 0) is 79.3 Å². The number of halogens is 7. The molecule has 2 aromatic rings. The van der Waals surface area contributed by atoms with Gasteiger partial charge in [-0.25, -0.2) is 8.78 Å². The van der Waals surface area contributed by atoms with E-state index in [1.807, 2.05) is 0 Å². The fraction of sp³-hybridized carbons (Fsp3) is 0.520. The number of ether oxygens (including phenoxy) is 2. The van der Waals surface area contributed by atoms with Crippen molar-refractivity contribution in [3.05, 3.63) is 64.7 Å². The Hall–Kier alpha value is -2.29. The van der Waals surface area contributed by atoms with Gasteiger partial charge in [0.25, 0.3) is 0 Å². The number of alkyl halides is 5. The molecule has 1 fully saturated rings. The molecule has 1 saturated carbocycles. The van der Waals surface area contributed by atoms with E-state index in [9.17, 15) is 30.7 Å². The summed E-state index contributed by atoms with van der Waals surface area (Å²) in [5, 5.41) is 0. The minimum atomic E-state index is -4.84. The van der Waals surface area contributed by atoms with Gasteiger partial charge in [-0.3, -0.25) is 0 Å². The normalized spacial score (nSPS) is 19.3. The van der Waals surface area contributed by atoms with Crippen molar-refractivity contribution in [2.45, 2.75) is 70.3 Å². The second-order valence-electron chi connectivity index (χ2n) is 8.67. The molecule has 2 aromatic carbocycles. The fourth-order valence-electron chi connectivity index (χ4n) is 4.53. The zero-order chi connectivity index (χ0) is 24.9. The topological polar surface area (TPSA) is 18.5 Å². The Kier molecular flexibility index (Phi) is 8.49. The van der Waals surface area contributed by atoms with E-state index < -0.39 is 42.0 Å². The largest absolute Gasteiger partial charge is 0.573 e. The smallest absolute Gasteiger partial charge is 0.406 e. The monoisotopic (exact) mass is 492 g/mol. The van der Waals surface area contributed by atoms with Crippen LogP contribution in [-0.4, -0.2) is 13.0 Å². The Bertz CT molecular complexity index is 910. The molecule has 0 radical (unpaired) electrons. The van der Waals surface area contributed by atoms with E-state index in [0.717, 1.165) is 62.8 Å². The highest BCUT2D eigenvalue weighted by molar-refractivity contribution is 5.31. The van der Waals surface area contributed by atoms with E-state index in [2.05, 4.69) is 16.4 Å². The molecule has 0 aromatic heterocycles. The molecule has 2 nitrogen and oxygen atoms in total. The molecule has 188 valence electrons. The molecule has 9 heteroatoms. The lowest BCUT2D eigenvalue weighted by Gasteiger charge is -2.29. The van der Waals surface area contributed by atoms with E-state index in [4.69, 9.17) is 0 Å². The lowest BCUT2D eigenvalue weighted by atomic mass is 9.77. The van der Waals surface area contributed by atoms with Crippen molar-refractivity contribution in [3.63, 3.8) is 0 Å². The van der Waals surface area contributed by atoms with Crippen LogP contribution in [0.5, 0.6) is 5.75 Å². The number of rotatable bonds is 9. The van der Waals surface area contributed by atoms with Gasteiger partial charge in [-0.2, -0.15) is 8.78 Å². The number of hydrogen-bond donors (Lipinski definition) is 0. The first-order chi connectivity index (χ1) is 16.0. The molecule has 0 aliphatic heterocycles. The number of benzene rings is 2. The van der Waals surface area contributed by atoms with Gasteiger partial charge in [0.1, 0.15) is 22.9 Å². The van der Waals surface area contributed by atoms with Gasteiger partial charge in [0, 0.05) is 0 Å². The lowest BCUT2D eigenvalue weighted by Crippen LogP contribution is -2.24.